The lowest BCUT2D eigenvalue weighted by molar-refractivity contribution is -0.0305. The van der Waals surface area contributed by atoms with Gasteiger partial charge in [-0.2, -0.15) is 4.31 Å². The fourth-order valence-corrected chi connectivity index (χ4v) is 6.86. The highest BCUT2D eigenvalue weighted by Gasteiger charge is 2.44. The maximum atomic E-state index is 13.5. The van der Waals surface area contributed by atoms with Crippen molar-refractivity contribution < 1.29 is 37.6 Å². The second-order valence-electron chi connectivity index (χ2n) is 9.77. The van der Waals surface area contributed by atoms with Crippen molar-refractivity contribution in [2.75, 3.05) is 53.0 Å². The van der Waals surface area contributed by atoms with Crippen LogP contribution in [0.5, 0.6) is 17.2 Å². The van der Waals surface area contributed by atoms with E-state index in [1.54, 1.807) is 24.3 Å². The van der Waals surface area contributed by atoms with Crippen molar-refractivity contribution >= 4 is 15.8 Å². The van der Waals surface area contributed by atoms with Gasteiger partial charge in [-0.15, -0.1) is 0 Å². The number of hydrogen-bond acceptors (Lipinski definition) is 9. The normalized spacial score (nSPS) is 20.8. The van der Waals surface area contributed by atoms with Crippen molar-refractivity contribution in [2.45, 2.75) is 42.8 Å². The third-order valence-electron chi connectivity index (χ3n) is 6.95. The predicted octanol–water partition coefficient (Wildman–Crippen LogP) is 2.29. The van der Waals surface area contributed by atoms with Crippen molar-refractivity contribution in [3.63, 3.8) is 0 Å². The first kappa shape index (κ1) is 28.3. The number of β-amino-alcohol motifs (C(OH)–C–C–N with tert-alkyl or cyclic N) is 1. The van der Waals surface area contributed by atoms with Crippen LogP contribution in [0.25, 0.3) is 0 Å². The minimum atomic E-state index is -3.97. The summed E-state index contributed by atoms with van der Waals surface area (Å²) >= 11 is 0. The second-order valence-corrected chi connectivity index (χ2v) is 11.7. The number of carbonyl (C=O) groups is 1. The van der Waals surface area contributed by atoms with Crippen LogP contribution in [0.1, 0.15) is 36.5 Å². The molecule has 2 aromatic rings. The number of para-hydroxylation sites is 1. The predicted molar refractivity (Wildman–Crippen MR) is 140 cm³/mol. The van der Waals surface area contributed by atoms with Gasteiger partial charge in [-0.05, 0) is 56.6 Å². The number of fused-ring (bicyclic) bond motifs is 1. The molecule has 0 aliphatic carbocycles. The molecule has 0 aromatic heterocycles. The molecule has 2 N–H and O–H groups in total. The SMILES string of the molecule is CCOCCN(C[C@@H](O)CN1CCCC2(CC(=O)c3cc(O)ccc3O2)C1)S(=O)(=O)c1ccccc1OC. The van der Waals surface area contributed by atoms with E-state index in [0.29, 0.717) is 37.4 Å². The Morgan fingerprint density at radius 2 is 2.03 bits per heavy atom. The number of rotatable bonds is 11. The number of benzene rings is 2. The molecule has 2 aliphatic rings. The van der Waals surface area contributed by atoms with Crippen LogP contribution in [0.15, 0.2) is 47.4 Å². The number of carbonyl (C=O) groups excluding carboxylic acids is 1. The van der Waals surface area contributed by atoms with Gasteiger partial charge in [0.2, 0.25) is 10.0 Å². The minimum absolute atomic E-state index is 0.0157. The number of Topliss-reactive ketones (excluding diaryl/α,β-unsaturated/α-hetero) is 1. The van der Waals surface area contributed by atoms with Crippen molar-refractivity contribution in [3.05, 3.63) is 48.0 Å². The van der Waals surface area contributed by atoms with Gasteiger partial charge in [0.25, 0.3) is 0 Å². The van der Waals surface area contributed by atoms with E-state index < -0.39 is 21.7 Å². The molecule has 1 spiro atoms. The Hall–Kier alpha value is -2.70. The van der Waals surface area contributed by atoms with Gasteiger partial charge in [-0.3, -0.25) is 9.69 Å². The van der Waals surface area contributed by atoms with Crippen LogP contribution in [-0.4, -0.2) is 98.4 Å². The van der Waals surface area contributed by atoms with Crippen LogP contribution < -0.4 is 9.47 Å². The Balaban J connectivity index is 1.46. The standard InChI is InChI=1S/C27H36N2O8S/c1-3-36-14-13-29(38(33,34)26-8-5-4-7-25(26)35-2)18-21(31)17-28-12-6-11-27(19-28)16-23(32)22-15-20(30)9-10-24(22)37-27/h4-5,7-10,15,21,30-31H,3,6,11-14,16-19H2,1-2H3/t21-,27?/m0/s1. The molecular weight excluding hydrogens is 512 g/mol. The Morgan fingerprint density at radius 3 is 2.79 bits per heavy atom. The minimum Gasteiger partial charge on any atom is -0.508 e. The molecule has 11 heteroatoms. The van der Waals surface area contributed by atoms with Crippen LogP contribution in [0.4, 0.5) is 0 Å². The Kier molecular flexibility index (Phi) is 8.94. The highest BCUT2D eigenvalue weighted by Crippen LogP contribution is 2.39. The van der Waals surface area contributed by atoms with Crippen LogP contribution in [0.3, 0.4) is 0 Å². The largest absolute Gasteiger partial charge is 0.508 e. The Labute approximate surface area is 223 Å². The van der Waals surface area contributed by atoms with E-state index in [1.807, 2.05) is 11.8 Å². The quantitative estimate of drug-likeness (QED) is 0.407. The maximum Gasteiger partial charge on any atom is 0.246 e. The molecule has 0 radical (unpaired) electrons. The van der Waals surface area contributed by atoms with Crippen molar-refractivity contribution in [2.24, 2.45) is 0 Å². The Bertz CT molecular complexity index is 1240. The average Bonchev–Trinajstić information content (AvgIpc) is 2.88. The van der Waals surface area contributed by atoms with Gasteiger partial charge in [0.15, 0.2) is 5.78 Å². The number of ketones is 1. The lowest BCUT2D eigenvalue weighted by Crippen LogP contribution is -2.56. The molecule has 0 saturated carbocycles. The van der Waals surface area contributed by atoms with E-state index in [1.165, 1.54) is 29.6 Å². The highest BCUT2D eigenvalue weighted by atomic mass is 32.2. The fourth-order valence-electron chi connectivity index (χ4n) is 5.24. The molecule has 1 saturated heterocycles. The number of nitrogens with zero attached hydrogens (tertiary/aromatic N) is 2. The number of aliphatic hydroxyl groups is 1. The highest BCUT2D eigenvalue weighted by molar-refractivity contribution is 7.89. The number of aliphatic hydroxyl groups excluding tert-OH is 1. The zero-order chi connectivity index (χ0) is 27.3. The van der Waals surface area contributed by atoms with E-state index in [0.717, 1.165) is 6.42 Å². The van der Waals surface area contributed by atoms with Gasteiger partial charge in [0.05, 0.1) is 31.8 Å². The summed E-state index contributed by atoms with van der Waals surface area (Å²) in [5, 5.41) is 20.8. The zero-order valence-electron chi connectivity index (χ0n) is 21.8. The summed E-state index contributed by atoms with van der Waals surface area (Å²) in [5.41, 5.74) is -0.351. The number of likely N-dealkylation sites (tertiary alicyclic amines) is 1. The van der Waals surface area contributed by atoms with Crippen molar-refractivity contribution in [1.82, 2.24) is 9.21 Å². The molecule has 2 atom stereocenters. The summed E-state index contributed by atoms with van der Waals surface area (Å²) in [6.07, 6.45) is 0.647. The van der Waals surface area contributed by atoms with Gasteiger partial charge >= 0.3 is 0 Å². The first-order valence-electron chi connectivity index (χ1n) is 12.8. The maximum absolute atomic E-state index is 13.5. The summed E-state index contributed by atoms with van der Waals surface area (Å²) < 4.78 is 45.3. The average molecular weight is 549 g/mol. The van der Waals surface area contributed by atoms with E-state index in [9.17, 15) is 23.4 Å². The third kappa shape index (κ3) is 6.29. The molecular formula is C27H36N2O8S. The molecule has 38 heavy (non-hydrogen) atoms. The summed E-state index contributed by atoms with van der Waals surface area (Å²) in [6.45, 7) is 3.76. The van der Waals surface area contributed by atoms with Gasteiger partial charge < -0.3 is 24.4 Å². The van der Waals surface area contributed by atoms with Crippen LogP contribution in [-0.2, 0) is 14.8 Å². The lowest BCUT2D eigenvalue weighted by Gasteiger charge is -2.45. The summed E-state index contributed by atoms with van der Waals surface area (Å²) in [7, 11) is -2.56. The molecule has 4 rings (SSSR count). The number of piperidine rings is 1. The topological polar surface area (TPSA) is 126 Å². The fraction of sp³-hybridized carbons (Fsp3) is 0.519. The number of sulfonamides is 1. The van der Waals surface area contributed by atoms with Crippen molar-refractivity contribution in [3.8, 4) is 17.2 Å². The lowest BCUT2D eigenvalue weighted by atomic mass is 9.83. The molecule has 10 nitrogen and oxygen atoms in total. The number of aromatic hydroxyl groups is 1. The summed E-state index contributed by atoms with van der Waals surface area (Å²) in [5.74, 6) is 0.608. The number of hydrogen-bond donors (Lipinski definition) is 2. The third-order valence-corrected chi connectivity index (χ3v) is 8.86. The van der Waals surface area contributed by atoms with E-state index in [4.69, 9.17) is 14.2 Å². The van der Waals surface area contributed by atoms with Crippen LogP contribution in [0.2, 0.25) is 0 Å². The molecule has 0 amide bonds. The molecule has 1 unspecified atom stereocenters. The second kappa shape index (κ2) is 12.0. The van der Waals surface area contributed by atoms with Crippen LogP contribution in [0, 0.1) is 0 Å². The van der Waals surface area contributed by atoms with Gasteiger partial charge in [-0.1, -0.05) is 12.1 Å². The number of methoxy groups -OCH3 is 1. The van der Waals surface area contributed by atoms with Crippen molar-refractivity contribution in [1.29, 1.82) is 0 Å². The molecule has 0 bridgehead atoms. The van der Waals surface area contributed by atoms with Crippen LogP contribution >= 0.6 is 0 Å². The molecule has 208 valence electrons. The Morgan fingerprint density at radius 1 is 1.24 bits per heavy atom. The first-order valence-corrected chi connectivity index (χ1v) is 14.3. The number of ether oxygens (including phenoxy) is 3. The summed E-state index contributed by atoms with van der Waals surface area (Å²) in [4.78, 5) is 14.9. The zero-order valence-corrected chi connectivity index (χ0v) is 22.7. The van der Waals surface area contributed by atoms with Gasteiger partial charge in [-0.25, -0.2) is 8.42 Å². The van der Waals surface area contributed by atoms with Gasteiger partial charge in [0.1, 0.15) is 27.7 Å². The van der Waals surface area contributed by atoms with Gasteiger partial charge in [0, 0.05) is 32.8 Å². The summed E-state index contributed by atoms with van der Waals surface area (Å²) in [6, 6.07) is 10.9. The molecule has 1 fully saturated rings. The van der Waals surface area contributed by atoms with E-state index >= 15 is 0 Å². The monoisotopic (exact) mass is 548 g/mol. The van der Waals surface area contributed by atoms with E-state index in [-0.39, 0.29) is 54.8 Å². The molecule has 2 heterocycles. The smallest absolute Gasteiger partial charge is 0.246 e. The molecule has 2 aromatic carbocycles. The molecule has 2 aliphatic heterocycles. The first-order chi connectivity index (χ1) is 18.2. The van der Waals surface area contributed by atoms with E-state index in [2.05, 4.69) is 0 Å². The number of phenols is 1. The number of phenolic OH excluding ortho intramolecular Hbond substituents is 1.